The monoisotopic (exact) mass is 274 g/mol. The van der Waals surface area contributed by atoms with Gasteiger partial charge in [0, 0.05) is 0 Å². The van der Waals surface area contributed by atoms with Gasteiger partial charge in [-0.25, -0.2) is 4.79 Å². The van der Waals surface area contributed by atoms with E-state index in [0.717, 1.165) is 0 Å². The SMILES string of the molecule is CCC(C)C(=O)OC(C(=O)OC)C1COC(C)(C)O1. The van der Waals surface area contributed by atoms with Gasteiger partial charge >= 0.3 is 11.9 Å². The molecule has 0 aromatic carbocycles. The fourth-order valence-electron chi connectivity index (χ4n) is 1.66. The van der Waals surface area contributed by atoms with E-state index in [1.165, 1.54) is 7.11 Å². The Balaban J connectivity index is 2.74. The van der Waals surface area contributed by atoms with Crippen LogP contribution >= 0.6 is 0 Å². The highest BCUT2D eigenvalue weighted by Crippen LogP contribution is 2.26. The van der Waals surface area contributed by atoms with Crippen LogP contribution in [0.2, 0.25) is 0 Å². The molecule has 0 N–H and O–H groups in total. The molecule has 0 aliphatic carbocycles. The molecule has 1 saturated heterocycles. The van der Waals surface area contributed by atoms with Crippen molar-refractivity contribution in [3.63, 3.8) is 0 Å². The van der Waals surface area contributed by atoms with Gasteiger partial charge in [0.15, 0.2) is 5.79 Å². The van der Waals surface area contributed by atoms with E-state index in [1.54, 1.807) is 20.8 Å². The van der Waals surface area contributed by atoms with E-state index in [4.69, 9.17) is 14.2 Å². The number of carbonyl (C=O) groups is 2. The number of ether oxygens (including phenoxy) is 4. The summed E-state index contributed by atoms with van der Waals surface area (Å²) in [6, 6.07) is 0. The second kappa shape index (κ2) is 6.34. The van der Waals surface area contributed by atoms with Gasteiger partial charge in [-0.3, -0.25) is 4.79 Å². The van der Waals surface area contributed by atoms with Gasteiger partial charge in [0.05, 0.1) is 19.6 Å². The summed E-state index contributed by atoms with van der Waals surface area (Å²) in [7, 11) is 1.24. The molecule has 1 rings (SSSR count). The van der Waals surface area contributed by atoms with Crippen LogP contribution in [-0.2, 0) is 28.5 Å². The number of esters is 2. The third-order valence-electron chi connectivity index (χ3n) is 3.06. The third-order valence-corrected chi connectivity index (χ3v) is 3.06. The van der Waals surface area contributed by atoms with Gasteiger partial charge in [0.1, 0.15) is 6.10 Å². The van der Waals surface area contributed by atoms with Crippen molar-refractivity contribution in [3.8, 4) is 0 Å². The summed E-state index contributed by atoms with van der Waals surface area (Å²) in [5.74, 6) is -2.14. The van der Waals surface area contributed by atoms with Crippen molar-refractivity contribution in [2.24, 2.45) is 5.92 Å². The molecule has 1 aliphatic heterocycles. The van der Waals surface area contributed by atoms with Gasteiger partial charge in [0.2, 0.25) is 6.10 Å². The minimum absolute atomic E-state index is 0.181. The molecule has 0 saturated carbocycles. The van der Waals surface area contributed by atoms with Crippen LogP contribution in [0.1, 0.15) is 34.1 Å². The molecule has 3 atom stereocenters. The van der Waals surface area contributed by atoms with Crippen molar-refractivity contribution in [1.29, 1.82) is 0 Å². The molecule has 6 heteroatoms. The van der Waals surface area contributed by atoms with E-state index < -0.39 is 29.9 Å². The Bertz CT molecular complexity index is 338. The van der Waals surface area contributed by atoms with Crippen LogP contribution in [0.15, 0.2) is 0 Å². The first-order chi connectivity index (χ1) is 8.80. The maximum absolute atomic E-state index is 11.8. The highest BCUT2D eigenvalue weighted by Gasteiger charge is 2.43. The summed E-state index contributed by atoms with van der Waals surface area (Å²) in [5.41, 5.74) is 0. The van der Waals surface area contributed by atoms with Crippen LogP contribution in [0.25, 0.3) is 0 Å². The second-order valence-electron chi connectivity index (χ2n) is 5.06. The van der Waals surface area contributed by atoms with Gasteiger partial charge in [-0.1, -0.05) is 13.8 Å². The summed E-state index contributed by atoms with van der Waals surface area (Å²) in [4.78, 5) is 23.5. The van der Waals surface area contributed by atoms with Crippen molar-refractivity contribution in [2.45, 2.75) is 52.1 Å². The second-order valence-corrected chi connectivity index (χ2v) is 5.06. The first-order valence-corrected chi connectivity index (χ1v) is 6.40. The van der Waals surface area contributed by atoms with E-state index in [1.807, 2.05) is 6.92 Å². The lowest BCUT2D eigenvalue weighted by Gasteiger charge is -2.23. The summed E-state index contributed by atoms with van der Waals surface area (Å²) < 4.78 is 20.8. The van der Waals surface area contributed by atoms with Gasteiger partial charge in [-0.15, -0.1) is 0 Å². The molecular weight excluding hydrogens is 252 g/mol. The van der Waals surface area contributed by atoms with Gasteiger partial charge < -0.3 is 18.9 Å². The van der Waals surface area contributed by atoms with Gasteiger partial charge in [-0.05, 0) is 20.3 Å². The van der Waals surface area contributed by atoms with Gasteiger partial charge in [0.25, 0.3) is 0 Å². The molecule has 1 aliphatic rings. The number of carbonyl (C=O) groups excluding carboxylic acids is 2. The smallest absolute Gasteiger partial charge is 0.350 e. The first-order valence-electron chi connectivity index (χ1n) is 6.40. The highest BCUT2D eigenvalue weighted by molar-refractivity contribution is 5.80. The first kappa shape index (κ1) is 15.9. The maximum atomic E-state index is 11.8. The molecule has 0 spiro atoms. The van der Waals surface area contributed by atoms with Crippen LogP contribution in [0.4, 0.5) is 0 Å². The summed E-state index contributed by atoms with van der Waals surface area (Å²) >= 11 is 0. The lowest BCUT2D eigenvalue weighted by molar-refractivity contribution is -0.186. The van der Waals surface area contributed by atoms with Crippen LogP contribution in [-0.4, -0.2) is 43.7 Å². The maximum Gasteiger partial charge on any atom is 0.350 e. The number of rotatable bonds is 5. The summed E-state index contributed by atoms with van der Waals surface area (Å²) in [6.07, 6.45) is -1.09. The van der Waals surface area contributed by atoms with E-state index in [2.05, 4.69) is 4.74 Å². The quantitative estimate of drug-likeness (QED) is 0.703. The molecule has 110 valence electrons. The van der Waals surface area contributed by atoms with Crippen LogP contribution in [0.3, 0.4) is 0 Å². The van der Waals surface area contributed by atoms with Crippen molar-refractivity contribution >= 4 is 11.9 Å². The lowest BCUT2D eigenvalue weighted by atomic mass is 10.1. The summed E-state index contributed by atoms with van der Waals surface area (Å²) in [6.45, 7) is 7.26. The number of hydrogen-bond donors (Lipinski definition) is 0. The third kappa shape index (κ3) is 4.18. The van der Waals surface area contributed by atoms with Crippen LogP contribution in [0, 0.1) is 5.92 Å². The van der Waals surface area contributed by atoms with Crippen LogP contribution < -0.4 is 0 Å². The Kier molecular flexibility index (Phi) is 5.31. The molecular formula is C13H22O6. The molecule has 0 bridgehead atoms. The Morgan fingerprint density at radius 2 is 2.00 bits per heavy atom. The van der Waals surface area contributed by atoms with E-state index >= 15 is 0 Å². The fourth-order valence-corrected chi connectivity index (χ4v) is 1.66. The molecule has 6 nitrogen and oxygen atoms in total. The molecule has 19 heavy (non-hydrogen) atoms. The number of methoxy groups -OCH3 is 1. The lowest BCUT2D eigenvalue weighted by Crippen LogP contribution is -2.42. The van der Waals surface area contributed by atoms with Crippen molar-refractivity contribution in [3.05, 3.63) is 0 Å². The zero-order chi connectivity index (χ0) is 14.6. The molecule has 0 radical (unpaired) electrons. The molecule has 1 fully saturated rings. The van der Waals surface area contributed by atoms with E-state index in [-0.39, 0.29) is 12.5 Å². The minimum Gasteiger partial charge on any atom is -0.466 e. The minimum atomic E-state index is -1.09. The predicted octanol–water partition coefficient (Wildman–Crippen LogP) is 1.27. The Hall–Kier alpha value is -1.14. The topological polar surface area (TPSA) is 71.1 Å². The van der Waals surface area contributed by atoms with Crippen LogP contribution in [0.5, 0.6) is 0 Å². The molecule has 0 aromatic rings. The Morgan fingerprint density at radius 1 is 1.37 bits per heavy atom. The Morgan fingerprint density at radius 3 is 2.42 bits per heavy atom. The zero-order valence-electron chi connectivity index (χ0n) is 12.1. The van der Waals surface area contributed by atoms with E-state index in [0.29, 0.717) is 6.42 Å². The molecule has 1 heterocycles. The van der Waals surface area contributed by atoms with Crippen molar-refractivity contribution < 1.29 is 28.5 Å². The van der Waals surface area contributed by atoms with Gasteiger partial charge in [-0.2, -0.15) is 0 Å². The number of hydrogen-bond acceptors (Lipinski definition) is 6. The predicted molar refractivity (Wildman–Crippen MR) is 66.3 cm³/mol. The zero-order valence-corrected chi connectivity index (χ0v) is 12.1. The standard InChI is InChI=1S/C13H22O6/c1-6-8(2)11(14)18-10(12(15)16-5)9-7-17-13(3,4)19-9/h8-10H,6-7H2,1-5H3. The average molecular weight is 274 g/mol. The Labute approximate surface area is 113 Å². The van der Waals surface area contributed by atoms with Crippen molar-refractivity contribution in [1.82, 2.24) is 0 Å². The van der Waals surface area contributed by atoms with Crippen molar-refractivity contribution in [2.75, 3.05) is 13.7 Å². The molecule has 0 amide bonds. The molecule has 0 aromatic heterocycles. The van der Waals surface area contributed by atoms with E-state index in [9.17, 15) is 9.59 Å². The molecule has 3 unspecified atom stereocenters. The largest absolute Gasteiger partial charge is 0.466 e. The fraction of sp³-hybridized carbons (Fsp3) is 0.846. The normalized spacial score (nSPS) is 24.6. The average Bonchev–Trinajstić information content (AvgIpc) is 2.73. The highest BCUT2D eigenvalue weighted by atomic mass is 16.8. The summed E-state index contributed by atoms with van der Waals surface area (Å²) in [5, 5.41) is 0.